The Bertz CT molecular complexity index is 372. The predicted molar refractivity (Wildman–Crippen MR) is 69.2 cm³/mol. The lowest BCUT2D eigenvalue weighted by molar-refractivity contribution is -0.128. The second-order valence-electron chi connectivity index (χ2n) is 3.94. The van der Waals surface area contributed by atoms with Crippen molar-refractivity contribution in [2.24, 2.45) is 0 Å². The Labute approximate surface area is 108 Å². The number of methoxy groups -OCH3 is 2. The van der Waals surface area contributed by atoms with Gasteiger partial charge < -0.3 is 14.2 Å². The van der Waals surface area contributed by atoms with Gasteiger partial charge in [0.15, 0.2) is 11.5 Å². The molecule has 0 radical (unpaired) electrons. The van der Waals surface area contributed by atoms with Gasteiger partial charge in [0.2, 0.25) is 0 Å². The molecule has 0 saturated heterocycles. The van der Waals surface area contributed by atoms with Crippen LogP contribution in [-0.4, -0.2) is 27.3 Å². The maximum atomic E-state index is 9.18. The second kappa shape index (κ2) is 7.58. The topological polar surface area (TPSA) is 44.8 Å². The summed E-state index contributed by atoms with van der Waals surface area (Å²) in [4.78, 5) is 9.18. The Kier molecular flexibility index (Phi) is 6.05. The number of benzene rings is 1. The van der Waals surface area contributed by atoms with Gasteiger partial charge in [-0.05, 0) is 43.4 Å². The molecule has 0 aromatic heterocycles. The van der Waals surface area contributed by atoms with Crippen molar-refractivity contribution in [3.8, 4) is 11.5 Å². The van der Waals surface area contributed by atoms with Crippen LogP contribution in [-0.2, 0) is 9.53 Å². The third kappa shape index (κ3) is 4.28. The summed E-state index contributed by atoms with van der Waals surface area (Å²) >= 11 is 0. The lowest BCUT2D eigenvalue weighted by atomic mass is 10.1. The van der Waals surface area contributed by atoms with Crippen LogP contribution in [0.2, 0.25) is 0 Å². The van der Waals surface area contributed by atoms with Gasteiger partial charge >= 0.3 is 0 Å². The zero-order chi connectivity index (χ0) is 13.4. The molecule has 4 heteroatoms. The zero-order valence-electron chi connectivity index (χ0n) is 11.1. The van der Waals surface area contributed by atoms with Gasteiger partial charge in [0.05, 0.1) is 20.8 Å². The minimum atomic E-state index is 0.431. The molecule has 4 nitrogen and oxygen atoms in total. The van der Waals surface area contributed by atoms with E-state index < -0.39 is 0 Å². The highest BCUT2D eigenvalue weighted by molar-refractivity contribution is 5.44. The number of carbonyl (C=O) groups excluding carboxylic acids is 1. The summed E-state index contributed by atoms with van der Waals surface area (Å²) < 4.78 is 14.5. The first-order valence-corrected chi connectivity index (χ1v) is 6.04. The van der Waals surface area contributed by atoms with E-state index >= 15 is 0 Å². The summed E-state index contributed by atoms with van der Waals surface area (Å²) in [6, 6.07) is 6.18. The molecule has 18 heavy (non-hydrogen) atoms. The standard InChI is InChI=1S/C11H14O2.C3H6O2/c1-12-10-6-5-9(8-3-4-8)7-11(10)13-2;1-2-5-3-4/h5-8H,3-4H2,1-2H3;3H,2H2,1H3. The fraction of sp³-hybridized carbons (Fsp3) is 0.500. The Morgan fingerprint density at radius 2 is 1.89 bits per heavy atom. The summed E-state index contributed by atoms with van der Waals surface area (Å²) in [5, 5.41) is 0. The van der Waals surface area contributed by atoms with Crippen LogP contribution in [0.25, 0.3) is 0 Å². The minimum Gasteiger partial charge on any atom is -0.493 e. The van der Waals surface area contributed by atoms with Crippen molar-refractivity contribution >= 4 is 6.47 Å². The fourth-order valence-corrected chi connectivity index (χ4v) is 1.59. The van der Waals surface area contributed by atoms with Crippen molar-refractivity contribution in [3.63, 3.8) is 0 Å². The molecule has 0 unspecified atom stereocenters. The van der Waals surface area contributed by atoms with E-state index in [0.29, 0.717) is 13.1 Å². The molecule has 0 spiro atoms. The smallest absolute Gasteiger partial charge is 0.293 e. The molecule has 100 valence electrons. The van der Waals surface area contributed by atoms with Crippen molar-refractivity contribution in [2.45, 2.75) is 25.7 Å². The van der Waals surface area contributed by atoms with Crippen LogP contribution < -0.4 is 9.47 Å². The van der Waals surface area contributed by atoms with E-state index in [1.807, 2.05) is 6.07 Å². The molecule has 0 atom stereocenters. The average Bonchev–Trinajstić information content (AvgIpc) is 3.24. The predicted octanol–water partition coefficient (Wildman–Crippen LogP) is 2.76. The Morgan fingerprint density at radius 1 is 1.22 bits per heavy atom. The molecule has 2 rings (SSSR count). The molecule has 1 aromatic rings. The van der Waals surface area contributed by atoms with Gasteiger partial charge in [0.25, 0.3) is 6.47 Å². The maximum Gasteiger partial charge on any atom is 0.293 e. The summed E-state index contributed by atoms with van der Waals surface area (Å²) in [7, 11) is 3.34. The van der Waals surface area contributed by atoms with Crippen LogP contribution in [0.1, 0.15) is 31.2 Å². The van der Waals surface area contributed by atoms with E-state index in [-0.39, 0.29) is 0 Å². The minimum absolute atomic E-state index is 0.431. The summed E-state index contributed by atoms with van der Waals surface area (Å²) in [5.74, 6) is 2.42. The highest BCUT2D eigenvalue weighted by Gasteiger charge is 2.24. The summed E-state index contributed by atoms with van der Waals surface area (Å²) in [5.41, 5.74) is 1.37. The molecule has 0 aliphatic heterocycles. The number of rotatable bonds is 5. The number of hydrogen-bond acceptors (Lipinski definition) is 4. The first-order chi connectivity index (χ1) is 8.76. The molecule has 1 aliphatic carbocycles. The van der Waals surface area contributed by atoms with Gasteiger partial charge in [0.1, 0.15) is 0 Å². The fourth-order valence-electron chi connectivity index (χ4n) is 1.59. The van der Waals surface area contributed by atoms with Crippen LogP contribution in [0.3, 0.4) is 0 Å². The highest BCUT2D eigenvalue weighted by Crippen LogP contribution is 2.42. The van der Waals surface area contributed by atoms with E-state index in [2.05, 4.69) is 16.9 Å². The van der Waals surface area contributed by atoms with Gasteiger partial charge in [-0.1, -0.05) is 6.07 Å². The second-order valence-corrected chi connectivity index (χ2v) is 3.94. The van der Waals surface area contributed by atoms with E-state index in [9.17, 15) is 4.79 Å². The Balaban J connectivity index is 0.000000280. The van der Waals surface area contributed by atoms with Crippen molar-refractivity contribution in [1.82, 2.24) is 0 Å². The maximum absolute atomic E-state index is 9.18. The lowest BCUT2D eigenvalue weighted by Crippen LogP contribution is -1.91. The molecular weight excluding hydrogens is 232 g/mol. The SMILES string of the molecule is CCOC=O.COc1ccc(C2CC2)cc1OC. The summed E-state index contributed by atoms with van der Waals surface area (Å²) in [6.07, 6.45) is 2.63. The quantitative estimate of drug-likeness (QED) is 0.756. The number of hydrogen-bond donors (Lipinski definition) is 0. The van der Waals surface area contributed by atoms with E-state index in [1.165, 1.54) is 18.4 Å². The van der Waals surface area contributed by atoms with Gasteiger partial charge in [-0.15, -0.1) is 0 Å². The van der Waals surface area contributed by atoms with Gasteiger partial charge in [-0.25, -0.2) is 0 Å². The van der Waals surface area contributed by atoms with Crippen LogP contribution in [0, 0.1) is 0 Å². The normalized spacial score (nSPS) is 13.1. The average molecular weight is 252 g/mol. The molecule has 1 fully saturated rings. The van der Waals surface area contributed by atoms with Crippen LogP contribution in [0.4, 0.5) is 0 Å². The zero-order valence-corrected chi connectivity index (χ0v) is 11.1. The van der Waals surface area contributed by atoms with Crippen molar-refractivity contribution < 1.29 is 19.0 Å². The number of carbonyl (C=O) groups is 1. The van der Waals surface area contributed by atoms with Gasteiger partial charge in [-0.2, -0.15) is 0 Å². The molecule has 0 heterocycles. The monoisotopic (exact) mass is 252 g/mol. The first kappa shape index (κ1) is 14.4. The highest BCUT2D eigenvalue weighted by atomic mass is 16.5. The van der Waals surface area contributed by atoms with Crippen LogP contribution >= 0.6 is 0 Å². The third-order valence-corrected chi connectivity index (χ3v) is 2.69. The summed E-state index contributed by atoms with van der Waals surface area (Å²) in [6.45, 7) is 2.66. The van der Waals surface area contributed by atoms with Gasteiger partial charge in [0, 0.05) is 0 Å². The molecular formula is C14H20O4. The lowest BCUT2D eigenvalue weighted by Gasteiger charge is -2.08. The van der Waals surface area contributed by atoms with Gasteiger partial charge in [-0.3, -0.25) is 4.79 Å². The molecule has 0 bridgehead atoms. The molecule has 1 saturated carbocycles. The largest absolute Gasteiger partial charge is 0.493 e. The number of ether oxygens (including phenoxy) is 3. The molecule has 1 aliphatic rings. The van der Waals surface area contributed by atoms with Crippen LogP contribution in [0.5, 0.6) is 11.5 Å². The van der Waals surface area contributed by atoms with Crippen molar-refractivity contribution in [3.05, 3.63) is 23.8 Å². The van der Waals surface area contributed by atoms with E-state index in [0.717, 1.165) is 17.4 Å². The van der Waals surface area contributed by atoms with Crippen LogP contribution in [0.15, 0.2) is 18.2 Å². The van der Waals surface area contributed by atoms with E-state index in [1.54, 1.807) is 21.1 Å². The molecule has 1 aromatic carbocycles. The first-order valence-electron chi connectivity index (χ1n) is 6.04. The van der Waals surface area contributed by atoms with E-state index in [4.69, 9.17) is 9.47 Å². The molecule has 0 N–H and O–H groups in total. The van der Waals surface area contributed by atoms with Crippen molar-refractivity contribution in [1.29, 1.82) is 0 Å². The third-order valence-electron chi connectivity index (χ3n) is 2.69. The van der Waals surface area contributed by atoms with Crippen molar-refractivity contribution in [2.75, 3.05) is 20.8 Å². The Morgan fingerprint density at radius 3 is 2.28 bits per heavy atom. The Hall–Kier alpha value is -1.71. The molecule has 0 amide bonds.